The molecular weight excluding hydrogens is 456 g/mol. The van der Waals surface area contributed by atoms with E-state index in [1.54, 1.807) is 11.9 Å². The summed E-state index contributed by atoms with van der Waals surface area (Å²) in [5, 5.41) is 2.67. The van der Waals surface area contributed by atoms with Crippen molar-refractivity contribution in [1.82, 2.24) is 10.2 Å². The lowest BCUT2D eigenvalue weighted by Gasteiger charge is -2.30. The number of carbonyl (C=O) groups is 2. The quantitative estimate of drug-likeness (QED) is 0.569. The molecule has 6 heteroatoms. The van der Waals surface area contributed by atoms with Gasteiger partial charge in [-0.2, -0.15) is 0 Å². The molecule has 0 heterocycles. The Balaban J connectivity index is 2.21. The van der Waals surface area contributed by atoms with Gasteiger partial charge >= 0.3 is 0 Å². The van der Waals surface area contributed by atoms with Crippen molar-refractivity contribution in [3.63, 3.8) is 0 Å². The highest BCUT2D eigenvalue weighted by atomic mass is 79.9. The average Bonchev–Trinajstić information content (AvgIpc) is 2.71. The third kappa shape index (κ3) is 6.82. The number of ether oxygens (including phenoxy) is 1. The fourth-order valence-electron chi connectivity index (χ4n) is 3.40. The van der Waals surface area contributed by atoms with Gasteiger partial charge in [0.1, 0.15) is 11.8 Å². The van der Waals surface area contributed by atoms with Crippen molar-refractivity contribution in [1.29, 1.82) is 0 Å². The summed E-state index contributed by atoms with van der Waals surface area (Å²) in [5.41, 5.74) is 3.27. The number of likely N-dealkylation sites (N-methyl/N-ethyl adjacent to an activating group) is 1. The highest BCUT2D eigenvalue weighted by Gasteiger charge is 2.28. The number of nitrogens with one attached hydrogen (secondary N) is 1. The van der Waals surface area contributed by atoms with Crippen LogP contribution in [0.1, 0.15) is 50.8 Å². The molecule has 1 N–H and O–H groups in total. The molecule has 0 fully saturated rings. The van der Waals surface area contributed by atoms with Crippen LogP contribution in [0, 0.1) is 6.92 Å². The largest absolute Gasteiger partial charge is 0.483 e. The van der Waals surface area contributed by atoms with Crippen molar-refractivity contribution in [2.75, 3.05) is 13.7 Å². The fraction of sp³-hybridized carbons (Fsp3) is 0.440. The van der Waals surface area contributed by atoms with Gasteiger partial charge in [0, 0.05) is 13.6 Å². The van der Waals surface area contributed by atoms with E-state index >= 15 is 0 Å². The van der Waals surface area contributed by atoms with Gasteiger partial charge in [0.05, 0.1) is 4.47 Å². The number of benzene rings is 2. The summed E-state index contributed by atoms with van der Waals surface area (Å²) < 4.78 is 6.65. The first-order valence-electron chi connectivity index (χ1n) is 10.6. The number of amides is 2. The number of carbonyl (C=O) groups excluding carboxylic acids is 2. The lowest BCUT2D eigenvalue weighted by molar-refractivity contribution is -0.142. The SMILES string of the molecule is CC[C@@H](C(=O)NC)N(Cc1cccc(C)c1)C(=O)COc1ccc(C(C)(C)C)cc1Br. The Morgan fingerprint density at radius 2 is 1.87 bits per heavy atom. The molecule has 0 aromatic heterocycles. The van der Waals surface area contributed by atoms with Crippen molar-refractivity contribution in [3.8, 4) is 5.75 Å². The second kappa shape index (κ2) is 10.8. The van der Waals surface area contributed by atoms with Crippen molar-refractivity contribution < 1.29 is 14.3 Å². The van der Waals surface area contributed by atoms with E-state index in [0.29, 0.717) is 18.7 Å². The Labute approximate surface area is 194 Å². The minimum absolute atomic E-state index is 0.0172. The summed E-state index contributed by atoms with van der Waals surface area (Å²) in [6.07, 6.45) is 0.515. The molecule has 2 aromatic carbocycles. The molecule has 0 aliphatic carbocycles. The van der Waals surface area contributed by atoms with E-state index in [9.17, 15) is 9.59 Å². The maximum absolute atomic E-state index is 13.2. The molecule has 2 amide bonds. The van der Waals surface area contributed by atoms with Crippen LogP contribution in [0.2, 0.25) is 0 Å². The Bertz CT molecular complexity index is 921. The monoisotopic (exact) mass is 488 g/mol. The van der Waals surface area contributed by atoms with Gasteiger partial charge in [0.25, 0.3) is 5.91 Å². The molecule has 5 nitrogen and oxygen atoms in total. The number of aryl methyl sites for hydroxylation is 1. The van der Waals surface area contributed by atoms with Gasteiger partial charge in [-0.1, -0.05) is 63.6 Å². The molecule has 0 saturated heterocycles. The van der Waals surface area contributed by atoms with Crippen LogP contribution in [0.5, 0.6) is 5.75 Å². The van der Waals surface area contributed by atoms with Crippen LogP contribution >= 0.6 is 15.9 Å². The molecule has 0 spiro atoms. The minimum atomic E-state index is -0.562. The summed E-state index contributed by atoms with van der Waals surface area (Å²) in [6, 6.07) is 13.3. The molecule has 2 rings (SSSR count). The molecule has 0 unspecified atom stereocenters. The molecule has 0 radical (unpaired) electrons. The zero-order valence-electron chi connectivity index (χ0n) is 19.3. The molecule has 168 valence electrons. The van der Waals surface area contributed by atoms with E-state index in [-0.39, 0.29) is 23.8 Å². The van der Waals surface area contributed by atoms with E-state index in [4.69, 9.17) is 4.74 Å². The minimum Gasteiger partial charge on any atom is -0.483 e. The molecule has 1 atom stereocenters. The Morgan fingerprint density at radius 3 is 2.42 bits per heavy atom. The molecule has 2 aromatic rings. The number of hydrogen-bond donors (Lipinski definition) is 1. The van der Waals surface area contributed by atoms with E-state index in [1.807, 2.05) is 56.3 Å². The number of rotatable bonds is 8. The first-order chi connectivity index (χ1) is 14.6. The van der Waals surface area contributed by atoms with Crippen molar-refractivity contribution in [2.24, 2.45) is 0 Å². The van der Waals surface area contributed by atoms with Crippen LogP contribution < -0.4 is 10.1 Å². The fourth-order valence-corrected chi connectivity index (χ4v) is 3.89. The summed E-state index contributed by atoms with van der Waals surface area (Å²) >= 11 is 3.55. The van der Waals surface area contributed by atoms with Crippen molar-refractivity contribution >= 4 is 27.7 Å². The zero-order chi connectivity index (χ0) is 23.2. The van der Waals surface area contributed by atoms with Crippen LogP contribution in [0.25, 0.3) is 0 Å². The highest BCUT2D eigenvalue weighted by Crippen LogP contribution is 2.31. The third-order valence-corrected chi connectivity index (χ3v) is 5.84. The maximum Gasteiger partial charge on any atom is 0.261 e. The average molecular weight is 489 g/mol. The standard InChI is InChI=1S/C25H33BrN2O3/c1-7-21(24(30)27-6)28(15-18-10-8-9-17(2)13-18)23(29)16-31-22-12-11-19(14-20(22)26)25(3,4)5/h8-14,21H,7,15-16H2,1-6H3,(H,27,30)/t21-/m0/s1. The van der Waals surface area contributed by atoms with Gasteiger partial charge < -0.3 is 15.0 Å². The first-order valence-corrected chi connectivity index (χ1v) is 11.4. The van der Waals surface area contributed by atoms with Gasteiger partial charge in [0.15, 0.2) is 6.61 Å². The second-order valence-electron chi connectivity index (χ2n) is 8.73. The zero-order valence-corrected chi connectivity index (χ0v) is 20.9. The Morgan fingerprint density at radius 1 is 1.16 bits per heavy atom. The van der Waals surface area contributed by atoms with Gasteiger partial charge in [-0.3, -0.25) is 9.59 Å². The summed E-state index contributed by atoms with van der Waals surface area (Å²) in [4.78, 5) is 27.2. The molecule has 0 saturated carbocycles. The van der Waals surface area contributed by atoms with Gasteiger partial charge in [-0.05, 0) is 57.9 Å². The van der Waals surface area contributed by atoms with Crippen molar-refractivity contribution in [3.05, 3.63) is 63.6 Å². The van der Waals surface area contributed by atoms with E-state index in [1.165, 1.54) is 5.56 Å². The predicted molar refractivity (Wildman–Crippen MR) is 128 cm³/mol. The predicted octanol–water partition coefficient (Wildman–Crippen LogP) is 4.99. The molecular formula is C25H33BrN2O3. The lowest BCUT2D eigenvalue weighted by Crippen LogP contribution is -2.49. The van der Waals surface area contributed by atoms with Gasteiger partial charge in [-0.15, -0.1) is 0 Å². The Hall–Kier alpha value is -2.34. The molecule has 0 bridgehead atoms. The first kappa shape index (κ1) is 24.9. The van der Waals surface area contributed by atoms with E-state index in [2.05, 4.69) is 42.0 Å². The number of halogens is 1. The van der Waals surface area contributed by atoms with Crippen LogP contribution in [0.15, 0.2) is 46.9 Å². The maximum atomic E-state index is 13.2. The van der Waals surface area contributed by atoms with Crippen LogP contribution in [0.3, 0.4) is 0 Å². The van der Waals surface area contributed by atoms with Crippen LogP contribution in [-0.4, -0.2) is 36.4 Å². The molecule has 0 aliphatic heterocycles. The summed E-state index contributed by atoms with van der Waals surface area (Å²) in [6.45, 7) is 10.5. The normalized spacial score (nSPS) is 12.2. The Kier molecular flexibility index (Phi) is 8.69. The smallest absolute Gasteiger partial charge is 0.261 e. The topological polar surface area (TPSA) is 58.6 Å². The summed E-state index contributed by atoms with van der Waals surface area (Å²) in [5.74, 6) is 0.188. The molecule has 0 aliphatic rings. The number of hydrogen-bond acceptors (Lipinski definition) is 3. The number of nitrogens with zero attached hydrogens (tertiary/aromatic N) is 1. The highest BCUT2D eigenvalue weighted by molar-refractivity contribution is 9.10. The van der Waals surface area contributed by atoms with Gasteiger partial charge in [-0.25, -0.2) is 0 Å². The second-order valence-corrected chi connectivity index (χ2v) is 9.59. The van der Waals surface area contributed by atoms with Gasteiger partial charge in [0.2, 0.25) is 5.91 Å². The van der Waals surface area contributed by atoms with Crippen LogP contribution in [-0.2, 0) is 21.5 Å². The van der Waals surface area contributed by atoms with E-state index in [0.717, 1.165) is 15.6 Å². The third-order valence-electron chi connectivity index (χ3n) is 5.22. The van der Waals surface area contributed by atoms with Crippen molar-refractivity contribution in [2.45, 2.75) is 59.0 Å². The molecule has 31 heavy (non-hydrogen) atoms. The summed E-state index contributed by atoms with van der Waals surface area (Å²) in [7, 11) is 1.59. The lowest BCUT2D eigenvalue weighted by atomic mass is 9.87. The van der Waals surface area contributed by atoms with Crippen LogP contribution in [0.4, 0.5) is 0 Å². The van der Waals surface area contributed by atoms with E-state index < -0.39 is 6.04 Å².